The van der Waals surface area contributed by atoms with Gasteiger partial charge in [0.05, 0.1) is 17.4 Å². The van der Waals surface area contributed by atoms with Crippen LogP contribution in [0.5, 0.6) is 0 Å². The van der Waals surface area contributed by atoms with Crippen LogP contribution in [0, 0.1) is 0 Å². The van der Waals surface area contributed by atoms with Crippen LogP contribution in [0.3, 0.4) is 0 Å². The third-order valence-corrected chi connectivity index (χ3v) is 2.86. The number of carbonyl (C=O) groups is 1. The molecule has 106 valence electrons. The number of amides is 1. The Balaban J connectivity index is 2.95. The Labute approximate surface area is 114 Å². The van der Waals surface area contributed by atoms with E-state index in [1.807, 2.05) is 20.8 Å². The molecule has 0 aliphatic rings. The molecular weight excluding hydrogens is 242 g/mol. The van der Waals surface area contributed by atoms with E-state index in [1.54, 1.807) is 23.4 Å². The second kappa shape index (κ2) is 7.74. The zero-order valence-corrected chi connectivity index (χ0v) is 11.9. The molecule has 0 aromatic carbocycles. The van der Waals surface area contributed by atoms with Crippen molar-refractivity contribution in [1.29, 1.82) is 0 Å². The SMILES string of the molecule is CCNc1cnccc1C(=O)N(CCCO)C(C)C. The van der Waals surface area contributed by atoms with E-state index in [-0.39, 0.29) is 18.6 Å². The first kappa shape index (κ1) is 15.4. The monoisotopic (exact) mass is 265 g/mol. The minimum atomic E-state index is -0.0261. The van der Waals surface area contributed by atoms with E-state index in [9.17, 15) is 4.79 Å². The van der Waals surface area contributed by atoms with Crippen molar-refractivity contribution in [2.24, 2.45) is 0 Å². The van der Waals surface area contributed by atoms with Gasteiger partial charge in [-0.15, -0.1) is 0 Å². The lowest BCUT2D eigenvalue weighted by atomic mass is 10.1. The fourth-order valence-electron chi connectivity index (χ4n) is 1.90. The topological polar surface area (TPSA) is 65.5 Å². The van der Waals surface area contributed by atoms with Crippen LogP contribution in [0.4, 0.5) is 5.69 Å². The molecule has 1 heterocycles. The normalized spacial score (nSPS) is 10.6. The summed E-state index contributed by atoms with van der Waals surface area (Å²) in [6, 6.07) is 1.83. The van der Waals surface area contributed by atoms with Crippen molar-refractivity contribution in [3.05, 3.63) is 24.0 Å². The number of carbonyl (C=O) groups excluding carboxylic acids is 1. The smallest absolute Gasteiger partial charge is 0.256 e. The first-order valence-electron chi connectivity index (χ1n) is 6.71. The van der Waals surface area contributed by atoms with Crippen LogP contribution >= 0.6 is 0 Å². The summed E-state index contributed by atoms with van der Waals surface area (Å²) < 4.78 is 0. The first-order chi connectivity index (χ1) is 9.11. The summed E-state index contributed by atoms with van der Waals surface area (Å²) in [5, 5.41) is 12.1. The zero-order valence-electron chi connectivity index (χ0n) is 11.9. The van der Waals surface area contributed by atoms with E-state index >= 15 is 0 Å². The second-order valence-corrected chi connectivity index (χ2v) is 4.62. The van der Waals surface area contributed by atoms with Gasteiger partial charge < -0.3 is 15.3 Å². The van der Waals surface area contributed by atoms with E-state index in [0.29, 0.717) is 18.5 Å². The van der Waals surface area contributed by atoms with Crippen LogP contribution in [0.2, 0.25) is 0 Å². The zero-order chi connectivity index (χ0) is 14.3. The van der Waals surface area contributed by atoms with Crippen LogP contribution in [0.25, 0.3) is 0 Å². The van der Waals surface area contributed by atoms with Crippen molar-refractivity contribution in [1.82, 2.24) is 9.88 Å². The third-order valence-electron chi connectivity index (χ3n) is 2.86. The molecule has 1 rings (SSSR count). The van der Waals surface area contributed by atoms with Crippen molar-refractivity contribution >= 4 is 11.6 Å². The van der Waals surface area contributed by atoms with Gasteiger partial charge in [0.15, 0.2) is 0 Å². The molecule has 0 aliphatic carbocycles. The molecule has 5 nitrogen and oxygen atoms in total. The van der Waals surface area contributed by atoms with Gasteiger partial charge in [-0.3, -0.25) is 9.78 Å². The minimum absolute atomic E-state index is 0.0261. The molecule has 0 saturated heterocycles. The fourth-order valence-corrected chi connectivity index (χ4v) is 1.90. The first-order valence-corrected chi connectivity index (χ1v) is 6.71. The molecule has 0 saturated carbocycles. The Kier molecular flexibility index (Phi) is 6.29. The van der Waals surface area contributed by atoms with Gasteiger partial charge >= 0.3 is 0 Å². The highest BCUT2D eigenvalue weighted by molar-refractivity contribution is 5.99. The number of pyridine rings is 1. The van der Waals surface area contributed by atoms with Crippen LogP contribution in [0.15, 0.2) is 18.5 Å². The lowest BCUT2D eigenvalue weighted by Crippen LogP contribution is -2.38. The van der Waals surface area contributed by atoms with Crippen LogP contribution in [-0.2, 0) is 0 Å². The number of aliphatic hydroxyl groups excluding tert-OH is 1. The van der Waals surface area contributed by atoms with E-state index in [0.717, 1.165) is 12.2 Å². The molecule has 0 radical (unpaired) electrons. The van der Waals surface area contributed by atoms with Gasteiger partial charge in [0.1, 0.15) is 0 Å². The fraction of sp³-hybridized carbons (Fsp3) is 0.571. The van der Waals surface area contributed by atoms with Gasteiger partial charge in [-0.1, -0.05) is 0 Å². The number of hydrogen-bond donors (Lipinski definition) is 2. The van der Waals surface area contributed by atoms with Crippen LogP contribution in [-0.4, -0.2) is 46.6 Å². The highest BCUT2D eigenvalue weighted by Crippen LogP contribution is 2.17. The Hall–Kier alpha value is -1.62. The molecule has 1 aromatic rings. The molecule has 5 heteroatoms. The molecular formula is C14H23N3O2. The van der Waals surface area contributed by atoms with Crippen LogP contribution in [0.1, 0.15) is 37.6 Å². The molecule has 19 heavy (non-hydrogen) atoms. The number of anilines is 1. The molecule has 1 aromatic heterocycles. The van der Waals surface area contributed by atoms with Crippen molar-refractivity contribution < 1.29 is 9.90 Å². The van der Waals surface area contributed by atoms with Gasteiger partial charge in [0.2, 0.25) is 0 Å². The molecule has 0 fully saturated rings. The Morgan fingerprint density at radius 1 is 1.53 bits per heavy atom. The van der Waals surface area contributed by atoms with Crippen molar-refractivity contribution in [2.45, 2.75) is 33.2 Å². The molecule has 0 aliphatic heterocycles. The molecule has 0 unspecified atom stereocenters. The molecule has 1 amide bonds. The molecule has 0 spiro atoms. The summed E-state index contributed by atoms with van der Waals surface area (Å²) in [6.45, 7) is 7.32. The highest BCUT2D eigenvalue weighted by Gasteiger charge is 2.20. The van der Waals surface area contributed by atoms with Gasteiger partial charge in [-0.05, 0) is 33.3 Å². The van der Waals surface area contributed by atoms with Crippen molar-refractivity contribution in [3.63, 3.8) is 0 Å². The van der Waals surface area contributed by atoms with Gasteiger partial charge in [0, 0.05) is 31.9 Å². The number of aromatic nitrogens is 1. The summed E-state index contributed by atoms with van der Waals surface area (Å²) in [7, 11) is 0. The van der Waals surface area contributed by atoms with Crippen LogP contribution < -0.4 is 5.32 Å². The van der Waals surface area contributed by atoms with Gasteiger partial charge in [0.25, 0.3) is 5.91 Å². The summed E-state index contributed by atoms with van der Waals surface area (Å²) in [5.74, 6) is -0.0261. The lowest BCUT2D eigenvalue weighted by molar-refractivity contribution is 0.0694. The summed E-state index contributed by atoms with van der Waals surface area (Å²) in [6.07, 6.45) is 3.88. The number of hydrogen-bond acceptors (Lipinski definition) is 4. The van der Waals surface area contributed by atoms with E-state index in [1.165, 1.54) is 0 Å². The average molecular weight is 265 g/mol. The van der Waals surface area contributed by atoms with E-state index in [2.05, 4.69) is 10.3 Å². The maximum Gasteiger partial charge on any atom is 0.256 e. The maximum atomic E-state index is 12.6. The summed E-state index contributed by atoms with van der Waals surface area (Å²) in [4.78, 5) is 18.4. The van der Waals surface area contributed by atoms with Crippen molar-refractivity contribution in [3.8, 4) is 0 Å². The predicted molar refractivity (Wildman–Crippen MR) is 76.3 cm³/mol. The molecule has 0 atom stereocenters. The number of aliphatic hydroxyl groups is 1. The number of nitrogens with zero attached hydrogens (tertiary/aromatic N) is 2. The van der Waals surface area contributed by atoms with E-state index < -0.39 is 0 Å². The molecule has 0 bridgehead atoms. The second-order valence-electron chi connectivity index (χ2n) is 4.62. The third kappa shape index (κ3) is 4.21. The number of nitrogens with one attached hydrogen (secondary N) is 1. The maximum absolute atomic E-state index is 12.6. The average Bonchev–Trinajstić information content (AvgIpc) is 2.39. The molecule has 2 N–H and O–H groups in total. The highest BCUT2D eigenvalue weighted by atomic mass is 16.3. The lowest BCUT2D eigenvalue weighted by Gasteiger charge is -2.27. The van der Waals surface area contributed by atoms with Gasteiger partial charge in [-0.2, -0.15) is 0 Å². The Morgan fingerprint density at radius 3 is 2.84 bits per heavy atom. The predicted octanol–water partition coefficient (Wildman–Crippen LogP) is 1.75. The quantitative estimate of drug-likeness (QED) is 0.788. The standard InChI is InChI=1S/C14H23N3O2/c1-4-16-13-10-15-7-6-12(13)14(19)17(11(2)3)8-5-9-18/h6-7,10-11,16,18H,4-5,8-9H2,1-3H3. The summed E-state index contributed by atoms with van der Waals surface area (Å²) >= 11 is 0. The minimum Gasteiger partial charge on any atom is -0.396 e. The largest absolute Gasteiger partial charge is 0.396 e. The van der Waals surface area contributed by atoms with Gasteiger partial charge in [-0.25, -0.2) is 0 Å². The van der Waals surface area contributed by atoms with Crippen molar-refractivity contribution in [2.75, 3.05) is 25.0 Å². The Morgan fingerprint density at radius 2 is 2.26 bits per heavy atom. The Bertz CT molecular complexity index is 407. The summed E-state index contributed by atoms with van der Waals surface area (Å²) in [5.41, 5.74) is 1.38. The van der Waals surface area contributed by atoms with E-state index in [4.69, 9.17) is 5.11 Å². The number of rotatable bonds is 7.